The van der Waals surface area contributed by atoms with Crippen LogP contribution >= 0.6 is 0 Å². The molecule has 1 rings (SSSR count). The number of halogens is 6. The Balaban J connectivity index is 3.57. The summed E-state index contributed by atoms with van der Waals surface area (Å²) in [5.41, 5.74) is -4.05. The molecule has 0 N–H and O–H groups in total. The van der Waals surface area contributed by atoms with Crippen molar-refractivity contribution < 1.29 is 31.1 Å². The number of aldehydes is 1. The Morgan fingerprint density at radius 2 is 1.50 bits per heavy atom. The van der Waals surface area contributed by atoms with Crippen LogP contribution in [0, 0.1) is 0 Å². The highest BCUT2D eigenvalue weighted by molar-refractivity contribution is 5.78. The van der Waals surface area contributed by atoms with E-state index < -0.39 is 34.6 Å². The molecule has 0 amide bonds. The topological polar surface area (TPSA) is 17.1 Å². The molecule has 0 aliphatic heterocycles. The average molecular weight is 270 g/mol. The van der Waals surface area contributed by atoms with Crippen molar-refractivity contribution in [2.75, 3.05) is 0 Å². The number of benzene rings is 1. The van der Waals surface area contributed by atoms with Gasteiger partial charge in [-0.25, -0.2) is 0 Å². The quantitative estimate of drug-likeness (QED) is 0.584. The minimum atomic E-state index is -4.86. The lowest BCUT2D eigenvalue weighted by atomic mass is 9.96. The summed E-state index contributed by atoms with van der Waals surface area (Å²) in [6.07, 6.45) is -10.1. The molecule has 0 aromatic heterocycles. The standard InChI is InChI=1S/C11H8F6O/c1-2-6-3-9(11(15,16)17)7(5-18)4-8(6)10(12,13)14/h3-5H,2H2,1H3. The van der Waals surface area contributed by atoms with Crippen LogP contribution < -0.4 is 0 Å². The lowest BCUT2D eigenvalue weighted by molar-refractivity contribution is -0.142. The van der Waals surface area contributed by atoms with Crippen LogP contribution in [-0.4, -0.2) is 6.29 Å². The van der Waals surface area contributed by atoms with Crippen molar-refractivity contribution in [2.45, 2.75) is 25.7 Å². The maximum atomic E-state index is 12.6. The Morgan fingerprint density at radius 1 is 1.00 bits per heavy atom. The largest absolute Gasteiger partial charge is 0.417 e. The normalized spacial score (nSPS) is 12.6. The van der Waals surface area contributed by atoms with Gasteiger partial charge in [0.05, 0.1) is 11.1 Å². The van der Waals surface area contributed by atoms with Gasteiger partial charge in [0.2, 0.25) is 0 Å². The van der Waals surface area contributed by atoms with Gasteiger partial charge in [-0.05, 0) is 24.1 Å². The van der Waals surface area contributed by atoms with Gasteiger partial charge in [0.25, 0.3) is 0 Å². The molecule has 1 aromatic rings. The van der Waals surface area contributed by atoms with Crippen LogP contribution in [0.2, 0.25) is 0 Å². The lowest BCUT2D eigenvalue weighted by Crippen LogP contribution is -2.15. The van der Waals surface area contributed by atoms with E-state index in [4.69, 9.17) is 0 Å². The summed E-state index contributed by atoms with van der Waals surface area (Å²) in [7, 11) is 0. The molecule has 0 aliphatic rings. The van der Waals surface area contributed by atoms with E-state index in [9.17, 15) is 31.1 Å². The molecule has 0 fully saturated rings. The molecule has 0 radical (unpaired) electrons. The van der Waals surface area contributed by atoms with Crippen molar-refractivity contribution >= 4 is 6.29 Å². The van der Waals surface area contributed by atoms with E-state index in [1.165, 1.54) is 6.92 Å². The highest BCUT2D eigenvalue weighted by Crippen LogP contribution is 2.38. The van der Waals surface area contributed by atoms with Crippen molar-refractivity contribution in [2.24, 2.45) is 0 Å². The molecule has 0 atom stereocenters. The molecule has 1 nitrogen and oxygen atoms in total. The van der Waals surface area contributed by atoms with Gasteiger partial charge in [-0.3, -0.25) is 4.79 Å². The summed E-state index contributed by atoms with van der Waals surface area (Å²) < 4.78 is 75.4. The fourth-order valence-corrected chi connectivity index (χ4v) is 1.56. The first-order valence-electron chi connectivity index (χ1n) is 4.87. The molecule has 0 saturated heterocycles. The highest BCUT2D eigenvalue weighted by atomic mass is 19.4. The Bertz CT molecular complexity index is 458. The van der Waals surface area contributed by atoms with Gasteiger partial charge in [0.1, 0.15) is 0 Å². The average Bonchev–Trinajstić information content (AvgIpc) is 2.24. The number of carbonyl (C=O) groups excluding carboxylic acids is 1. The monoisotopic (exact) mass is 270 g/mol. The summed E-state index contributed by atoms with van der Waals surface area (Å²) in [4.78, 5) is 10.5. The third-order valence-corrected chi connectivity index (χ3v) is 2.39. The van der Waals surface area contributed by atoms with Gasteiger partial charge in [0.15, 0.2) is 6.29 Å². The third-order valence-electron chi connectivity index (χ3n) is 2.39. The maximum Gasteiger partial charge on any atom is 0.417 e. The Labute approximate surface area is 98.4 Å². The first kappa shape index (κ1) is 14.5. The summed E-state index contributed by atoms with van der Waals surface area (Å²) in [5.74, 6) is 0. The molecule has 0 unspecified atom stereocenters. The summed E-state index contributed by atoms with van der Waals surface area (Å²) in [6.45, 7) is 1.31. The molecule has 18 heavy (non-hydrogen) atoms. The molecule has 0 saturated carbocycles. The maximum absolute atomic E-state index is 12.6. The van der Waals surface area contributed by atoms with Crippen LogP contribution in [0.5, 0.6) is 0 Å². The summed E-state index contributed by atoms with van der Waals surface area (Å²) in [5, 5.41) is 0. The second-order valence-electron chi connectivity index (χ2n) is 3.56. The fourth-order valence-electron chi connectivity index (χ4n) is 1.56. The van der Waals surface area contributed by atoms with Crippen LogP contribution in [0.1, 0.15) is 34.0 Å². The highest BCUT2D eigenvalue weighted by Gasteiger charge is 2.38. The smallest absolute Gasteiger partial charge is 0.298 e. The van der Waals surface area contributed by atoms with Crippen molar-refractivity contribution in [1.29, 1.82) is 0 Å². The van der Waals surface area contributed by atoms with Crippen LogP contribution in [0.3, 0.4) is 0 Å². The third kappa shape index (κ3) is 2.83. The molecule has 0 bridgehead atoms. The number of hydrogen-bond acceptors (Lipinski definition) is 1. The Hall–Kier alpha value is -1.53. The zero-order valence-corrected chi connectivity index (χ0v) is 9.12. The fraction of sp³-hybridized carbons (Fsp3) is 0.364. The van der Waals surface area contributed by atoms with Gasteiger partial charge in [-0.1, -0.05) is 6.92 Å². The van der Waals surface area contributed by atoms with E-state index in [0.717, 1.165) is 0 Å². The molecular formula is C11H8F6O. The van der Waals surface area contributed by atoms with Crippen molar-refractivity contribution in [3.05, 3.63) is 34.4 Å². The van der Waals surface area contributed by atoms with E-state index in [0.29, 0.717) is 6.07 Å². The van der Waals surface area contributed by atoms with Crippen LogP contribution in [0.15, 0.2) is 12.1 Å². The van der Waals surface area contributed by atoms with Gasteiger partial charge >= 0.3 is 12.4 Å². The van der Waals surface area contributed by atoms with Crippen LogP contribution in [-0.2, 0) is 18.8 Å². The zero-order valence-electron chi connectivity index (χ0n) is 9.12. The Morgan fingerprint density at radius 3 is 1.83 bits per heavy atom. The first-order chi connectivity index (χ1) is 8.11. The van der Waals surface area contributed by atoms with Crippen molar-refractivity contribution in [3.63, 3.8) is 0 Å². The van der Waals surface area contributed by atoms with Gasteiger partial charge < -0.3 is 0 Å². The SMILES string of the molecule is CCc1cc(C(F)(F)F)c(C=O)cc1C(F)(F)F. The van der Waals surface area contributed by atoms with Gasteiger partial charge in [-0.2, -0.15) is 26.3 Å². The number of aryl methyl sites for hydroxylation is 1. The van der Waals surface area contributed by atoms with E-state index >= 15 is 0 Å². The first-order valence-corrected chi connectivity index (χ1v) is 4.87. The van der Waals surface area contributed by atoms with Gasteiger partial charge in [-0.15, -0.1) is 0 Å². The molecule has 0 spiro atoms. The number of alkyl halides is 6. The second-order valence-corrected chi connectivity index (χ2v) is 3.56. The second kappa shape index (κ2) is 4.62. The van der Waals surface area contributed by atoms with E-state index in [1.54, 1.807) is 0 Å². The van der Waals surface area contributed by atoms with Crippen LogP contribution in [0.4, 0.5) is 26.3 Å². The molecule has 1 aromatic carbocycles. The molecule has 0 aliphatic carbocycles. The minimum absolute atomic E-state index is 0.211. The van der Waals surface area contributed by atoms with Gasteiger partial charge in [0, 0.05) is 5.56 Å². The van der Waals surface area contributed by atoms with Crippen molar-refractivity contribution in [1.82, 2.24) is 0 Å². The number of rotatable bonds is 2. The van der Waals surface area contributed by atoms with Crippen molar-refractivity contribution in [3.8, 4) is 0 Å². The predicted octanol–water partition coefficient (Wildman–Crippen LogP) is 4.10. The minimum Gasteiger partial charge on any atom is -0.298 e. The number of hydrogen-bond donors (Lipinski definition) is 0. The number of carbonyl (C=O) groups is 1. The van der Waals surface area contributed by atoms with E-state index in [1.807, 2.05) is 0 Å². The van der Waals surface area contributed by atoms with Crippen LogP contribution in [0.25, 0.3) is 0 Å². The summed E-state index contributed by atoms with van der Waals surface area (Å²) in [6, 6.07) is 0.626. The summed E-state index contributed by atoms with van der Waals surface area (Å²) >= 11 is 0. The molecule has 100 valence electrons. The predicted molar refractivity (Wildman–Crippen MR) is 51.2 cm³/mol. The molecular weight excluding hydrogens is 262 g/mol. The Kier molecular flexibility index (Phi) is 3.73. The zero-order chi connectivity index (χ0) is 14.1. The van der Waals surface area contributed by atoms with E-state index in [2.05, 4.69) is 0 Å². The van der Waals surface area contributed by atoms with E-state index in [-0.39, 0.29) is 18.8 Å². The molecule has 7 heteroatoms. The lowest BCUT2D eigenvalue weighted by Gasteiger charge is -2.16. The molecule has 0 heterocycles.